The van der Waals surface area contributed by atoms with Crippen LogP contribution in [0.5, 0.6) is 0 Å². The second-order valence-corrected chi connectivity index (χ2v) is 6.09. The molecule has 0 aliphatic rings. The molecule has 0 aliphatic heterocycles. The van der Waals surface area contributed by atoms with Crippen LogP contribution in [-0.2, 0) is 6.18 Å². The first-order valence-corrected chi connectivity index (χ1v) is 8.06. The third-order valence-corrected chi connectivity index (χ3v) is 4.10. The Kier molecular flexibility index (Phi) is 3.99. The summed E-state index contributed by atoms with van der Waals surface area (Å²) in [4.78, 5) is 7.23. The number of aromatic nitrogens is 6. The molecular weight excluding hydrogens is 383 g/mol. The zero-order valence-electron chi connectivity index (χ0n) is 13.7. The van der Waals surface area contributed by atoms with Crippen LogP contribution >= 0.6 is 11.6 Å². The van der Waals surface area contributed by atoms with Gasteiger partial charge in [-0.3, -0.25) is 0 Å². The molecule has 4 aromatic rings. The Hall–Kier alpha value is -3.14. The first kappa shape index (κ1) is 17.3. The highest BCUT2D eigenvalue weighted by Crippen LogP contribution is 2.31. The van der Waals surface area contributed by atoms with Crippen molar-refractivity contribution in [2.75, 3.05) is 5.32 Å². The molecule has 7 nitrogen and oxygen atoms in total. The van der Waals surface area contributed by atoms with Crippen LogP contribution in [0.3, 0.4) is 0 Å². The molecular formula is C16H11ClF3N7. The molecule has 0 radical (unpaired) electrons. The average Bonchev–Trinajstić information content (AvgIpc) is 3.21. The molecule has 0 saturated heterocycles. The van der Waals surface area contributed by atoms with Gasteiger partial charge >= 0.3 is 6.18 Å². The van der Waals surface area contributed by atoms with Gasteiger partial charge in [0.05, 0.1) is 23.3 Å². The number of hydrogen-bond acceptors (Lipinski definition) is 5. The largest absolute Gasteiger partial charge is 0.433 e. The lowest BCUT2D eigenvalue weighted by molar-refractivity contribution is -0.141. The molecule has 1 N–H and O–H groups in total. The summed E-state index contributed by atoms with van der Waals surface area (Å²) >= 11 is 6.01. The summed E-state index contributed by atoms with van der Waals surface area (Å²) in [6.45, 7) is 1.78. The fourth-order valence-electron chi connectivity index (χ4n) is 2.58. The van der Waals surface area contributed by atoms with Crippen molar-refractivity contribution in [3.05, 3.63) is 59.3 Å². The van der Waals surface area contributed by atoms with Crippen molar-refractivity contribution in [3.63, 3.8) is 0 Å². The normalized spacial score (nSPS) is 11.9. The minimum absolute atomic E-state index is 0.0681. The molecule has 1 aromatic carbocycles. The summed E-state index contributed by atoms with van der Waals surface area (Å²) in [5, 5.41) is 11.7. The smallest absolute Gasteiger partial charge is 0.337 e. The summed E-state index contributed by atoms with van der Waals surface area (Å²) in [6.07, 6.45) is -1.97. The molecule has 27 heavy (non-hydrogen) atoms. The predicted octanol–water partition coefficient (Wildman–Crippen LogP) is 4.03. The molecule has 0 unspecified atom stereocenters. The van der Waals surface area contributed by atoms with Crippen LogP contribution in [0.15, 0.2) is 42.9 Å². The van der Waals surface area contributed by atoms with Crippen LogP contribution in [0.1, 0.15) is 11.4 Å². The number of anilines is 2. The van der Waals surface area contributed by atoms with Gasteiger partial charge in [-0.1, -0.05) is 17.7 Å². The SMILES string of the molecule is Cc1c(Nc2cc(C(F)(F)F)nc3ncnn23)cnn1-c1cccc(Cl)c1. The highest BCUT2D eigenvalue weighted by molar-refractivity contribution is 6.30. The number of rotatable bonds is 3. The maximum atomic E-state index is 13.1. The molecule has 0 bridgehead atoms. The highest BCUT2D eigenvalue weighted by atomic mass is 35.5. The second kappa shape index (κ2) is 6.23. The van der Waals surface area contributed by atoms with E-state index in [1.165, 1.54) is 10.7 Å². The minimum Gasteiger partial charge on any atom is -0.337 e. The summed E-state index contributed by atoms with van der Waals surface area (Å²) in [5.41, 5.74) is 0.844. The third-order valence-electron chi connectivity index (χ3n) is 3.87. The van der Waals surface area contributed by atoms with Gasteiger partial charge in [-0.25, -0.2) is 9.67 Å². The summed E-state index contributed by atoms with van der Waals surface area (Å²) < 4.78 is 42.1. The van der Waals surface area contributed by atoms with Gasteiger partial charge in [0.1, 0.15) is 12.1 Å². The molecule has 0 amide bonds. The molecule has 11 heteroatoms. The highest BCUT2D eigenvalue weighted by Gasteiger charge is 2.34. The number of benzene rings is 1. The van der Waals surface area contributed by atoms with Gasteiger partial charge in [-0.15, -0.1) is 0 Å². The number of nitrogens with zero attached hydrogens (tertiary/aromatic N) is 6. The fraction of sp³-hybridized carbons (Fsp3) is 0.125. The maximum Gasteiger partial charge on any atom is 0.433 e. The Morgan fingerprint density at radius 3 is 2.70 bits per heavy atom. The van der Waals surface area contributed by atoms with Crippen molar-refractivity contribution in [1.29, 1.82) is 0 Å². The van der Waals surface area contributed by atoms with Crippen LogP contribution < -0.4 is 5.32 Å². The van der Waals surface area contributed by atoms with E-state index in [0.29, 0.717) is 16.4 Å². The maximum absolute atomic E-state index is 13.1. The van der Waals surface area contributed by atoms with Crippen molar-refractivity contribution in [3.8, 4) is 5.69 Å². The lowest BCUT2D eigenvalue weighted by Crippen LogP contribution is -2.12. The second-order valence-electron chi connectivity index (χ2n) is 5.66. The Morgan fingerprint density at radius 1 is 1.15 bits per heavy atom. The van der Waals surface area contributed by atoms with Crippen molar-refractivity contribution >= 4 is 28.9 Å². The van der Waals surface area contributed by atoms with Gasteiger partial charge in [0.15, 0.2) is 5.69 Å². The van der Waals surface area contributed by atoms with E-state index in [4.69, 9.17) is 11.6 Å². The molecule has 3 aromatic heterocycles. The van der Waals surface area contributed by atoms with Crippen LogP contribution in [-0.4, -0.2) is 29.4 Å². The fourth-order valence-corrected chi connectivity index (χ4v) is 2.77. The monoisotopic (exact) mass is 393 g/mol. The number of fused-ring (bicyclic) bond motifs is 1. The van der Waals surface area contributed by atoms with Crippen molar-refractivity contribution < 1.29 is 13.2 Å². The van der Waals surface area contributed by atoms with Gasteiger partial charge < -0.3 is 5.32 Å². The molecule has 0 saturated carbocycles. The van der Waals surface area contributed by atoms with E-state index < -0.39 is 11.9 Å². The van der Waals surface area contributed by atoms with Gasteiger partial charge in [0.2, 0.25) is 0 Å². The van der Waals surface area contributed by atoms with Crippen LogP contribution in [0.4, 0.5) is 24.7 Å². The van der Waals surface area contributed by atoms with E-state index >= 15 is 0 Å². The van der Waals surface area contributed by atoms with Crippen LogP contribution in [0, 0.1) is 6.92 Å². The van der Waals surface area contributed by atoms with Gasteiger partial charge in [0, 0.05) is 11.1 Å². The Labute approximate surface area is 155 Å². The van der Waals surface area contributed by atoms with E-state index in [9.17, 15) is 13.2 Å². The molecule has 0 fully saturated rings. The van der Waals surface area contributed by atoms with E-state index in [1.54, 1.807) is 29.8 Å². The first-order valence-electron chi connectivity index (χ1n) is 7.68. The lowest BCUT2D eigenvalue weighted by atomic mass is 10.3. The number of hydrogen-bond donors (Lipinski definition) is 1. The minimum atomic E-state index is -4.61. The van der Waals surface area contributed by atoms with E-state index in [0.717, 1.165) is 18.1 Å². The molecule has 3 heterocycles. The molecule has 0 spiro atoms. The van der Waals surface area contributed by atoms with Crippen LogP contribution in [0.25, 0.3) is 11.5 Å². The van der Waals surface area contributed by atoms with Gasteiger partial charge in [0.25, 0.3) is 5.78 Å². The Balaban J connectivity index is 1.76. The topological polar surface area (TPSA) is 72.9 Å². The Bertz CT molecular complexity index is 1130. The third kappa shape index (κ3) is 3.19. The summed E-state index contributed by atoms with van der Waals surface area (Å²) in [6, 6.07) is 7.94. The number of alkyl halides is 3. The van der Waals surface area contributed by atoms with E-state index in [1.807, 2.05) is 6.07 Å². The molecule has 0 aliphatic carbocycles. The molecule has 0 atom stereocenters. The van der Waals surface area contributed by atoms with Crippen molar-refractivity contribution in [1.82, 2.24) is 29.4 Å². The predicted molar refractivity (Wildman–Crippen MR) is 92.4 cm³/mol. The van der Waals surface area contributed by atoms with E-state index in [-0.39, 0.29) is 11.6 Å². The van der Waals surface area contributed by atoms with Crippen molar-refractivity contribution in [2.24, 2.45) is 0 Å². The van der Waals surface area contributed by atoms with Crippen LogP contribution in [0.2, 0.25) is 5.02 Å². The number of halogens is 4. The summed E-state index contributed by atoms with van der Waals surface area (Å²) in [5.74, 6) is -0.0919. The zero-order chi connectivity index (χ0) is 19.2. The lowest BCUT2D eigenvalue weighted by Gasteiger charge is -2.11. The number of nitrogens with one attached hydrogen (secondary N) is 1. The standard InChI is InChI=1S/C16H11ClF3N7/c1-9-12(7-22-26(9)11-4-2-3-10(17)5-11)24-14-6-13(16(18,19)20)25-15-21-8-23-27(14)15/h2-8,24H,1H3. The van der Waals surface area contributed by atoms with Gasteiger partial charge in [-0.05, 0) is 25.1 Å². The van der Waals surface area contributed by atoms with E-state index in [2.05, 4.69) is 25.5 Å². The summed E-state index contributed by atoms with van der Waals surface area (Å²) in [7, 11) is 0. The van der Waals surface area contributed by atoms with Gasteiger partial charge in [-0.2, -0.15) is 32.9 Å². The van der Waals surface area contributed by atoms with Crippen molar-refractivity contribution in [2.45, 2.75) is 13.1 Å². The Morgan fingerprint density at radius 2 is 1.96 bits per heavy atom. The quantitative estimate of drug-likeness (QED) is 0.569. The molecule has 138 valence electrons. The average molecular weight is 394 g/mol. The first-order chi connectivity index (χ1) is 12.8. The molecule has 4 rings (SSSR count). The zero-order valence-corrected chi connectivity index (χ0v) is 14.5.